The molecule has 0 radical (unpaired) electrons. The summed E-state index contributed by atoms with van der Waals surface area (Å²) < 4.78 is 46.1. The minimum absolute atomic E-state index is 0.0551. The van der Waals surface area contributed by atoms with Crippen molar-refractivity contribution in [1.82, 2.24) is 4.90 Å². The first-order valence-electron chi connectivity index (χ1n) is 7.75. The number of rotatable bonds is 1. The summed E-state index contributed by atoms with van der Waals surface area (Å²) in [6.07, 6.45) is -0.730. The number of halogens is 1. The number of amides is 1. The predicted octanol–water partition coefficient (Wildman–Crippen LogP) is 2.66. The Kier molecular flexibility index (Phi) is 3.54. The second kappa shape index (κ2) is 5.81. The maximum atomic E-state index is 13.2. The quantitative estimate of drug-likeness (QED) is 0.697. The van der Waals surface area contributed by atoms with E-state index in [0.29, 0.717) is 0 Å². The number of carbonyl (C=O) groups excluding carboxylic acids is 2. The summed E-state index contributed by atoms with van der Waals surface area (Å²) in [7, 11) is 1.03. The van der Waals surface area contributed by atoms with Gasteiger partial charge in [0.15, 0.2) is 0 Å². The summed E-state index contributed by atoms with van der Waals surface area (Å²) in [5.74, 6) is -1.10. The Morgan fingerprint density at radius 2 is 2.15 bits per heavy atom. The highest BCUT2D eigenvalue weighted by Gasteiger charge is 2.45. The van der Waals surface area contributed by atoms with Crippen molar-refractivity contribution in [2.75, 3.05) is 20.2 Å². The maximum Gasteiger partial charge on any atom is 0.410 e. The molecule has 0 aromatic heterocycles. The molecule has 6 heteroatoms. The molecule has 114 valence electrons. The van der Waals surface area contributed by atoms with Crippen LogP contribution in [0.3, 0.4) is 0 Å². The first-order valence-corrected chi connectivity index (χ1v) is 6.25. The molecule has 0 aromatic carbocycles. The van der Waals surface area contributed by atoms with Gasteiger partial charge in [-0.1, -0.05) is 0 Å². The summed E-state index contributed by atoms with van der Waals surface area (Å²) in [5, 5.41) is 0. The fraction of sp³-hybridized carbons (Fsp3) is 0.714. The van der Waals surface area contributed by atoms with Gasteiger partial charge >= 0.3 is 12.1 Å². The number of hydrogen-bond donors (Lipinski definition) is 0. The molecule has 1 rings (SSSR count). The first-order chi connectivity index (χ1) is 10.4. The molecule has 0 aromatic rings. The van der Waals surface area contributed by atoms with Gasteiger partial charge in [0.25, 0.3) is 0 Å². The van der Waals surface area contributed by atoms with Crippen molar-refractivity contribution in [2.24, 2.45) is 5.41 Å². The number of carbonyl (C=O) groups is 2. The second-order valence-electron chi connectivity index (χ2n) is 5.68. The number of hydrogen-bond acceptors (Lipinski definition) is 4. The van der Waals surface area contributed by atoms with Gasteiger partial charge in [-0.05, 0) is 39.6 Å². The average molecular weight is 290 g/mol. The van der Waals surface area contributed by atoms with Crippen molar-refractivity contribution in [1.29, 1.82) is 0 Å². The number of methoxy groups -OCH3 is 1. The lowest BCUT2D eigenvalue weighted by Gasteiger charge is -2.40. The van der Waals surface area contributed by atoms with Crippen molar-refractivity contribution in [3.63, 3.8) is 0 Å². The molecule has 0 unspecified atom stereocenters. The summed E-state index contributed by atoms with van der Waals surface area (Å²) in [4.78, 5) is 25.5. The fourth-order valence-corrected chi connectivity index (χ4v) is 1.94. The van der Waals surface area contributed by atoms with Crippen LogP contribution in [0.25, 0.3) is 0 Å². The number of piperidine rings is 1. The van der Waals surface area contributed by atoms with Crippen LogP contribution >= 0.6 is 0 Å². The molecule has 1 aliphatic rings. The third-order valence-electron chi connectivity index (χ3n) is 2.94. The minimum atomic E-state index is -2.88. The van der Waals surface area contributed by atoms with Crippen LogP contribution in [0.1, 0.15) is 38.2 Å². The molecular weight excluding hydrogens is 265 g/mol. The molecule has 0 bridgehead atoms. The summed E-state index contributed by atoms with van der Waals surface area (Å²) in [6.45, 7) is 1.65. The van der Waals surface area contributed by atoms with E-state index in [-0.39, 0.29) is 24.9 Å². The van der Waals surface area contributed by atoms with Gasteiger partial charge in [0.1, 0.15) is 11.0 Å². The molecule has 20 heavy (non-hydrogen) atoms. The van der Waals surface area contributed by atoms with E-state index in [1.807, 2.05) is 0 Å². The van der Waals surface area contributed by atoms with E-state index in [1.54, 1.807) is 20.8 Å². The molecule has 0 aliphatic carbocycles. The van der Waals surface area contributed by atoms with Crippen LogP contribution in [0.4, 0.5) is 9.18 Å². The third-order valence-corrected chi connectivity index (χ3v) is 2.94. The summed E-state index contributed by atoms with van der Waals surface area (Å²) in [6, 6.07) is 0. The average Bonchev–Trinajstić information content (AvgIpc) is 2.42. The van der Waals surface area contributed by atoms with Crippen LogP contribution in [0, 0.1) is 5.41 Å². The van der Waals surface area contributed by atoms with Crippen molar-refractivity contribution in [3.05, 3.63) is 11.9 Å². The van der Waals surface area contributed by atoms with Gasteiger partial charge in [-0.2, -0.15) is 0 Å². The predicted molar refractivity (Wildman–Crippen MR) is 71.7 cm³/mol. The molecule has 0 N–H and O–H groups in total. The van der Waals surface area contributed by atoms with Gasteiger partial charge in [-0.15, -0.1) is 0 Å². The lowest BCUT2D eigenvalue weighted by Crippen LogP contribution is -2.51. The van der Waals surface area contributed by atoms with Crippen LogP contribution in [-0.4, -0.2) is 42.8 Å². The van der Waals surface area contributed by atoms with Crippen LogP contribution in [0.5, 0.6) is 0 Å². The fourth-order valence-electron chi connectivity index (χ4n) is 1.94. The molecular formula is C14H22FNO4. The van der Waals surface area contributed by atoms with E-state index >= 15 is 0 Å². The highest BCUT2D eigenvalue weighted by atomic mass is 19.1. The molecule has 0 saturated carbocycles. The topological polar surface area (TPSA) is 55.8 Å². The van der Waals surface area contributed by atoms with Gasteiger partial charge in [0.05, 0.1) is 13.4 Å². The molecule has 0 spiro atoms. The second-order valence-corrected chi connectivity index (χ2v) is 5.68. The lowest BCUT2D eigenvalue weighted by atomic mass is 9.78. The first kappa shape index (κ1) is 12.2. The molecule has 1 amide bonds. The standard InChI is InChI=1S/C14H22FNO4/c1-13(2,3)20-12(18)16-7-6-10(8-15)14(4,9-16)11(17)19-5/h8H,6-7,9H2,1-5H3/b10-8+/t14-/m1/s1/i4D3. The Hall–Kier alpha value is -1.59. The third kappa shape index (κ3) is 3.49. The largest absolute Gasteiger partial charge is 0.468 e. The van der Waals surface area contributed by atoms with Gasteiger partial charge in [-0.3, -0.25) is 4.79 Å². The highest BCUT2D eigenvalue weighted by molar-refractivity contribution is 5.82. The number of nitrogens with zero attached hydrogens (tertiary/aromatic N) is 1. The zero-order valence-electron chi connectivity index (χ0n) is 15.2. The molecule has 1 atom stereocenters. The number of esters is 1. The highest BCUT2D eigenvalue weighted by Crippen LogP contribution is 2.36. The smallest absolute Gasteiger partial charge is 0.410 e. The van der Waals surface area contributed by atoms with Crippen LogP contribution < -0.4 is 0 Å². The van der Waals surface area contributed by atoms with E-state index < -0.39 is 36.5 Å². The normalized spacial score (nSPS) is 28.4. The Labute approximate surface area is 122 Å². The molecule has 1 aliphatic heterocycles. The Morgan fingerprint density at radius 1 is 1.50 bits per heavy atom. The van der Waals surface area contributed by atoms with Crippen LogP contribution in [0.2, 0.25) is 0 Å². The van der Waals surface area contributed by atoms with Gasteiger partial charge in [0.2, 0.25) is 0 Å². The van der Waals surface area contributed by atoms with E-state index in [9.17, 15) is 14.0 Å². The lowest BCUT2D eigenvalue weighted by molar-refractivity contribution is -0.151. The van der Waals surface area contributed by atoms with Crippen LogP contribution in [-0.2, 0) is 14.3 Å². The van der Waals surface area contributed by atoms with E-state index in [1.165, 1.54) is 0 Å². The zero-order valence-corrected chi connectivity index (χ0v) is 12.2. The summed E-state index contributed by atoms with van der Waals surface area (Å²) in [5.41, 5.74) is -3.21. The van der Waals surface area contributed by atoms with Crippen LogP contribution in [0.15, 0.2) is 11.9 Å². The Morgan fingerprint density at radius 3 is 2.60 bits per heavy atom. The Balaban J connectivity index is 3.25. The molecule has 1 fully saturated rings. The molecule has 1 heterocycles. The SMILES string of the molecule is [2H]C([2H])([2H])[C@@]1(C(=O)OC)CN(C(=O)OC(C)(C)C)CC/C1=C\F. The van der Waals surface area contributed by atoms with Crippen molar-refractivity contribution >= 4 is 12.1 Å². The minimum Gasteiger partial charge on any atom is -0.468 e. The molecule has 1 saturated heterocycles. The van der Waals surface area contributed by atoms with Crippen molar-refractivity contribution in [2.45, 2.75) is 39.6 Å². The van der Waals surface area contributed by atoms with E-state index in [0.717, 1.165) is 12.0 Å². The zero-order chi connectivity index (χ0) is 18.1. The van der Waals surface area contributed by atoms with E-state index in [2.05, 4.69) is 4.74 Å². The van der Waals surface area contributed by atoms with Gasteiger partial charge in [0, 0.05) is 17.2 Å². The number of likely N-dealkylation sites (tertiary alicyclic amines) is 1. The Bertz CT molecular complexity index is 513. The van der Waals surface area contributed by atoms with Gasteiger partial charge in [-0.25, -0.2) is 9.18 Å². The summed E-state index contributed by atoms with van der Waals surface area (Å²) >= 11 is 0. The van der Waals surface area contributed by atoms with E-state index in [4.69, 9.17) is 8.85 Å². The molecule has 5 nitrogen and oxygen atoms in total. The van der Waals surface area contributed by atoms with Gasteiger partial charge < -0.3 is 14.4 Å². The van der Waals surface area contributed by atoms with Crippen molar-refractivity contribution in [3.8, 4) is 0 Å². The monoisotopic (exact) mass is 290 g/mol. The maximum absolute atomic E-state index is 13.2. The number of ether oxygens (including phenoxy) is 2. The van der Waals surface area contributed by atoms with Crippen molar-refractivity contribution < 1.29 is 27.6 Å².